The molecule has 0 saturated heterocycles. The Morgan fingerprint density at radius 3 is 2.35 bits per heavy atom. The van der Waals surface area contributed by atoms with Crippen LogP contribution in [-0.2, 0) is 4.74 Å². The molecule has 0 radical (unpaired) electrons. The second-order valence-electron chi connectivity index (χ2n) is 9.86. The SMILES string of the molecule is CC(C)c1cc(=O)nc(NC(=O)NCCCCCCNC(=O)OCCNc2ccc(N(CCO)CCO)cc2[N+](=O)[O-])[nH]1. The highest BCUT2D eigenvalue weighted by Gasteiger charge is 2.17. The summed E-state index contributed by atoms with van der Waals surface area (Å²) in [5, 5.41) is 40.7. The van der Waals surface area contributed by atoms with Gasteiger partial charge < -0.3 is 40.8 Å². The van der Waals surface area contributed by atoms with Crippen molar-refractivity contribution < 1.29 is 29.5 Å². The molecule has 1 aromatic heterocycles. The molecular weight excluding hydrogens is 564 g/mol. The lowest BCUT2D eigenvalue weighted by atomic mass is 10.1. The number of amides is 3. The Balaban J connectivity index is 1.58. The van der Waals surface area contributed by atoms with Crippen LogP contribution >= 0.6 is 0 Å². The number of ether oxygens (including phenoxy) is 1. The second kappa shape index (κ2) is 18.9. The van der Waals surface area contributed by atoms with Crippen LogP contribution in [0.15, 0.2) is 29.1 Å². The van der Waals surface area contributed by atoms with E-state index < -0.39 is 22.6 Å². The molecule has 0 aliphatic rings. The summed E-state index contributed by atoms with van der Waals surface area (Å²) in [4.78, 5) is 54.9. The Morgan fingerprint density at radius 1 is 1.05 bits per heavy atom. The minimum atomic E-state index is -0.596. The Labute approximate surface area is 249 Å². The normalized spacial score (nSPS) is 10.7. The quantitative estimate of drug-likeness (QED) is 0.0696. The molecule has 0 aliphatic carbocycles. The molecular formula is C27H42N8O8. The number of rotatable bonds is 19. The van der Waals surface area contributed by atoms with Gasteiger partial charge in [0.15, 0.2) is 0 Å². The zero-order chi connectivity index (χ0) is 31.6. The molecule has 0 fully saturated rings. The number of anilines is 3. The van der Waals surface area contributed by atoms with Crippen LogP contribution in [0, 0.1) is 10.1 Å². The number of hydrogen-bond acceptors (Lipinski definition) is 11. The lowest BCUT2D eigenvalue weighted by molar-refractivity contribution is -0.383. The van der Waals surface area contributed by atoms with Crippen LogP contribution in [0.3, 0.4) is 0 Å². The van der Waals surface area contributed by atoms with Crippen LogP contribution < -0.4 is 31.7 Å². The van der Waals surface area contributed by atoms with Gasteiger partial charge in [-0.1, -0.05) is 26.7 Å². The average molecular weight is 607 g/mol. The number of aromatic amines is 1. The van der Waals surface area contributed by atoms with Gasteiger partial charge in [0.2, 0.25) is 5.95 Å². The summed E-state index contributed by atoms with van der Waals surface area (Å²) in [7, 11) is 0. The summed E-state index contributed by atoms with van der Waals surface area (Å²) >= 11 is 0. The molecule has 0 atom stereocenters. The van der Waals surface area contributed by atoms with E-state index in [2.05, 4.69) is 31.2 Å². The number of aliphatic hydroxyl groups excluding tert-OH is 2. The fourth-order valence-electron chi connectivity index (χ4n) is 4.00. The molecule has 43 heavy (non-hydrogen) atoms. The van der Waals surface area contributed by atoms with Gasteiger partial charge in [-0.05, 0) is 30.9 Å². The predicted octanol–water partition coefficient (Wildman–Crippen LogP) is 2.11. The van der Waals surface area contributed by atoms with Crippen molar-refractivity contribution in [3.8, 4) is 0 Å². The number of aromatic nitrogens is 2. The fourth-order valence-corrected chi connectivity index (χ4v) is 4.00. The largest absolute Gasteiger partial charge is 0.448 e. The molecule has 0 bridgehead atoms. The molecule has 0 aliphatic heterocycles. The predicted molar refractivity (Wildman–Crippen MR) is 162 cm³/mol. The number of benzene rings is 1. The molecule has 0 saturated carbocycles. The first-order valence-electron chi connectivity index (χ1n) is 14.2. The molecule has 2 aromatic rings. The van der Waals surface area contributed by atoms with Gasteiger partial charge in [0.25, 0.3) is 11.2 Å². The Bertz CT molecular complexity index is 1230. The van der Waals surface area contributed by atoms with Crippen molar-refractivity contribution in [1.29, 1.82) is 0 Å². The third-order valence-electron chi connectivity index (χ3n) is 6.21. The Hall–Kier alpha value is -4.44. The number of nitro benzene ring substituents is 1. The number of nitrogens with zero attached hydrogens (tertiary/aromatic N) is 3. The van der Waals surface area contributed by atoms with E-state index in [0.717, 1.165) is 25.7 Å². The molecule has 3 amide bonds. The topological polar surface area (TPSA) is 224 Å². The van der Waals surface area contributed by atoms with Gasteiger partial charge in [0.1, 0.15) is 12.3 Å². The number of nitrogens with one attached hydrogen (secondary N) is 5. The summed E-state index contributed by atoms with van der Waals surface area (Å²) in [6.07, 6.45) is 2.50. The van der Waals surface area contributed by atoms with Crippen molar-refractivity contribution in [1.82, 2.24) is 20.6 Å². The number of aliphatic hydroxyl groups is 2. The smallest absolute Gasteiger partial charge is 0.407 e. The first kappa shape index (κ1) is 34.8. The van der Waals surface area contributed by atoms with Crippen molar-refractivity contribution in [3.05, 3.63) is 50.4 Å². The molecule has 16 nitrogen and oxygen atoms in total. The Morgan fingerprint density at radius 2 is 1.72 bits per heavy atom. The third-order valence-corrected chi connectivity index (χ3v) is 6.21. The number of H-pyrrole nitrogens is 1. The van der Waals surface area contributed by atoms with Crippen LogP contribution in [0.1, 0.15) is 51.1 Å². The van der Waals surface area contributed by atoms with Crippen LogP contribution in [0.2, 0.25) is 0 Å². The maximum absolute atomic E-state index is 12.0. The lowest BCUT2D eigenvalue weighted by Gasteiger charge is -2.23. The monoisotopic (exact) mass is 606 g/mol. The molecule has 1 aromatic carbocycles. The van der Waals surface area contributed by atoms with Crippen LogP contribution in [0.5, 0.6) is 0 Å². The number of nitro groups is 1. The maximum Gasteiger partial charge on any atom is 0.407 e. The highest BCUT2D eigenvalue weighted by atomic mass is 16.6. The van der Waals surface area contributed by atoms with Gasteiger partial charge in [-0.3, -0.25) is 20.2 Å². The van der Waals surface area contributed by atoms with E-state index in [1.165, 1.54) is 18.2 Å². The summed E-state index contributed by atoms with van der Waals surface area (Å²) in [6, 6.07) is 5.47. The van der Waals surface area contributed by atoms with E-state index >= 15 is 0 Å². The van der Waals surface area contributed by atoms with Crippen molar-refractivity contribution in [3.63, 3.8) is 0 Å². The van der Waals surface area contributed by atoms with Crippen LogP contribution in [0.25, 0.3) is 0 Å². The van der Waals surface area contributed by atoms with Gasteiger partial charge in [0.05, 0.1) is 18.1 Å². The number of unbranched alkanes of at least 4 members (excludes halogenated alkanes) is 3. The minimum Gasteiger partial charge on any atom is -0.448 e. The van der Waals surface area contributed by atoms with E-state index in [4.69, 9.17) is 4.74 Å². The standard InChI is InChI=1S/C27H42N8O8/c1-19(2)22-18-24(38)32-25(31-22)33-26(39)29-9-5-3-4-6-10-30-27(40)43-16-11-28-21-8-7-20(17-23(21)35(41)42)34(12-14-36)13-15-37/h7-8,17-19,28,36-37H,3-6,9-16H2,1-2H3,(H,30,40)(H3,29,31,32,33,38,39). The number of carbonyl (C=O) groups is 2. The summed E-state index contributed by atoms with van der Waals surface area (Å²) in [5.74, 6) is 0.182. The van der Waals surface area contributed by atoms with Crippen molar-refractivity contribution in [2.75, 3.05) is 68.1 Å². The van der Waals surface area contributed by atoms with E-state index in [1.807, 2.05) is 13.8 Å². The molecule has 16 heteroatoms. The zero-order valence-corrected chi connectivity index (χ0v) is 24.6. The maximum atomic E-state index is 12.0. The number of alkyl carbamates (subject to hydrolysis) is 1. The molecule has 1 heterocycles. The average Bonchev–Trinajstić information content (AvgIpc) is 2.96. The van der Waals surface area contributed by atoms with Gasteiger partial charge in [-0.2, -0.15) is 4.98 Å². The van der Waals surface area contributed by atoms with Gasteiger partial charge in [-0.25, -0.2) is 9.59 Å². The van der Waals surface area contributed by atoms with Crippen LogP contribution in [0.4, 0.5) is 32.6 Å². The number of urea groups is 1. The molecule has 7 N–H and O–H groups in total. The minimum absolute atomic E-state index is 0.00913. The van der Waals surface area contributed by atoms with Gasteiger partial charge in [0, 0.05) is 56.2 Å². The molecule has 0 unspecified atom stereocenters. The van der Waals surface area contributed by atoms with E-state index in [-0.39, 0.29) is 62.7 Å². The van der Waals surface area contributed by atoms with E-state index in [1.54, 1.807) is 11.0 Å². The van der Waals surface area contributed by atoms with Crippen molar-refractivity contribution in [2.24, 2.45) is 0 Å². The summed E-state index contributed by atoms with van der Waals surface area (Å²) < 4.78 is 5.11. The summed E-state index contributed by atoms with van der Waals surface area (Å²) in [5.41, 5.74) is 0.827. The van der Waals surface area contributed by atoms with Gasteiger partial charge in [-0.15, -0.1) is 0 Å². The number of carbonyl (C=O) groups excluding carboxylic acids is 2. The fraction of sp³-hybridized carbons (Fsp3) is 0.556. The van der Waals surface area contributed by atoms with Crippen LogP contribution in [-0.4, -0.2) is 89.8 Å². The highest BCUT2D eigenvalue weighted by Crippen LogP contribution is 2.29. The summed E-state index contributed by atoms with van der Waals surface area (Å²) in [6.45, 7) is 4.95. The van der Waals surface area contributed by atoms with Gasteiger partial charge >= 0.3 is 12.1 Å². The van der Waals surface area contributed by atoms with E-state index in [0.29, 0.717) is 24.5 Å². The second-order valence-corrected chi connectivity index (χ2v) is 9.86. The zero-order valence-electron chi connectivity index (χ0n) is 24.6. The molecule has 238 valence electrons. The first-order valence-corrected chi connectivity index (χ1v) is 14.2. The van der Waals surface area contributed by atoms with E-state index in [9.17, 15) is 34.7 Å². The first-order chi connectivity index (χ1) is 20.6. The lowest BCUT2D eigenvalue weighted by Crippen LogP contribution is -2.31. The molecule has 0 spiro atoms. The number of hydrogen-bond donors (Lipinski definition) is 7. The molecule has 2 rings (SSSR count). The third kappa shape index (κ3) is 13.0. The van der Waals surface area contributed by atoms with Crippen molar-refractivity contribution in [2.45, 2.75) is 45.4 Å². The Kier molecular flexibility index (Phi) is 15.3. The van der Waals surface area contributed by atoms with Crippen molar-refractivity contribution >= 4 is 35.1 Å². The highest BCUT2D eigenvalue weighted by molar-refractivity contribution is 5.87.